The highest BCUT2D eigenvalue weighted by Gasteiger charge is 2.22. The highest BCUT2D eigenvalue weighted by molar-refractivity contribution is 6.30. The van der Waals surface area contributed by atoms with Crippen molar-refractivity contribution in [3.8, 4) is 11.3 Å². The number of nitrogens with zero attached hydrogens (tertiary/aromatic N) is 2. The SMILES string of the molecule is CCOC(=O)c1[nH]nc(-c2cccc(Cl)c2)c1N=O. The lowest BCUT2D eigenvalue weighted by Gasteiger charge is -1.99. The van der Waals surface area contributed by atoms with Crippen LogP contribution in [-0.4, -0.2) is 22.8 Å². The molecule has 0 saturated carbocycles. The molecule has 98 valence electrons. The van der Waals surface area contributed by atoms with Crippen molar-refractivity contribution in [2.75, 3.05) is 6.61 Å². The molecule has 0 spiro atoms. The van der Waals surface area contributed by atoms with Gasteiger partial charge in [0.2, 0.25) is 0 Å². The lowest BCUT2D eigenvalue weighted by atomic mass is 10.1. The van der Waals surface area contributed by atoms with Gasteiger partial charge in [-0.15, -0.1) is 4.91 Å². The van der Waals surface area contributed by atoms with E-state index in [9.17, 15) is 9.70 Å². The minimum absolute atomic E-state index is 0.0631. The molecule has 0 aliphatic heterocycles. The van der Waals surface area contributed by atoms with E-state index in [-0.39, 0.29) is 23.7 Å². The Labute approximate surface area is 113 Å². The Morgan fingerprint density at radius 1 is 1.53 bits per heavy atom. The summed E-state index contributed by atoms with van der Waals surface area (Å²) >= 11 is 5.87. The zero-order valence-electron chi connectivity index (χ0n) is 10.0. The fourth-order valence-electron chi connectivity index (χ4n) is 1.61. The molecule has 7 heteroatoms. The van der Waals surface area contributed by atoms with Crippen LogP contribution in [0.1, 0.15) is 17.4 Å². The number of benzene rings is 1. The number of nitroso groups, excluding NO2 is 1. The Hall–Kier alpha value is -2.21. The second-order valence-corrected chi connectivity index (χ2v) is 4.05. The van der Waals surface area contributed by atoms with E-state index in [1.807, 2.05) is 0 Å². The number of rotatable bonds is 4. The van der Waals surface area contributed by atoms with Crippen LogP contribution in [0.15, 0.2) is 29.4 Å². The molecule has 0 fully saturated rings. The van der Waals surface area contributed by atoms with Crippen LogP contribution in [-0.2, 0) is 4.74 Å². The normalized spacial score (nSPS) is 10.2. The Morgan fingerprint density at radius 2 is 2.32 bits per heavy atom. The quantitative estimate of drug-likeness (QED) is 0.687. The molecule has 0 amide bonds. The number of hydrogen-bond donors (Lipinski definition) is 1. The zero-order valence-corrected chi connectivity index (χ0v) is 10.8. The third kappa shape index (κ3) is 2.63. The fraction of sp³-hybridized carbons (Fsp3) is 0.167. The van der Waals surface area contributed by atoms with Crippen molar-refractivity contribution in [2.24, 2.45) is 5.18 Å². The molecule has 0 unspecified atom stereocenters. The topological polar surface area (TPSA) is 84.4 Å². The number of carbonyl (C=O) groups excluding carboxylic acids is 1. The molecule has 1 aromatic heterocycles. The average molecular weight is 280 g/mol. The summed E-state index contributed by atoms with van der Waals surface area (Å²) in [7, 11) is 0. The molecular formula is C12H10ClN3O3. The second kappa shape index (κ2) is 5.62. The smallest absolute Gasteiger partial charge is 0.358 e. The molecule has 1 heterocycles. The summed E-state index contributed by atoms with van der Waals surface area (Å²) in [6.45, 7) is 1.86. The van der Waals surface area contributed by atoms with Crippen molar-refractivity contribution in [3.63, 3.8) is 0 Å². The van der Waals surface area contributed by atoms with E-state index < -0.39 is 5.97 Å². The first-order valence-corrected chi connectivity index (χ1v) is 5.90. The number of hydrogen-bond acceptors (Lipinski definition) is 5. The van der Waals surface area contributed by atoms with Gasteiger partial charge in [-0.05, 0) is 24.2 Å². The van der Waals surface area contributed by atoms with Crippen molar-refractivity contribution in [3.05, 3.63) is 39.9 Å². The number of ether oxygens (including phenoxy) is 1. The molecule has 0 aliphatic carbocycles. The number of nitrogens with one attached hydrogen (secondary N) is 1. The van der Waals surface area contributed by atoms with Crippen molar-refractivity contribution in [2.45, 2.75) is 6.92 Å². The third-order valence-corrected chi connectivity index (χ3v) is 2.64. The lowest BCUT2D eigenvalue weighted by molar-refractivity contribution is 0.0520. The van der Waals surface area contributed by atoms with Gasteiger partial charge in [0.1, 0.15) is 5.69 Å². The van der Waals surface area contributed by atoms with E-state index in [2.05, 4.69) is 15.4 Å². The number of H-pyrrole nitrogens is 1. The number of carbonyl (C=O) groups is 1. The van der Waals surface area contributed by atoms with Crippen LogP contribution in [0.2, 0.25) is 5.02 Å². The highest BCUT2D eigenvalue weighted by atomic mass is 35.5. The van der Waals surface area contributed by atoms with Gasteiger partial charge in [-0.2, -0.15) is 5.10 Å². The van der Waals surface area contributed by atoms with E-state index >= 15 is 0 Å². The van der Waals surface area contributed by atoms with Gasteiger partial charge in [0.25, 0.3) is 0 Å². The molecule has 1 N–H and O–H groups in total. The molecule has 0 aliphatic rings. The highest BCUT2D eigenvalue weighted by Crippen LogP contribution is 2.32. The van der Waals surface area contributed by atoms with Gasteiger partial charge in [-0.25, -0.2) is 4.79 Å². The maximum Gasteiger partial charge on any atom is 0.358 e. The summed E-state index contributed by atoms with van der Waals surface area (Å²) in [6, 6.07) is 6.75. The van der Waals surface area contributed by atoms with Crippen LogP contribution in [0.3, 0.4) is 0 Å². The average Bonchev–Trinajstić information content (AvgIpc) is 2.82. The zero-order chi connectivity index (χ0) is 13.8. The number of halogens is 1. The van der Waals surface area contributed by atoms with Gasteiger partial charge < -0.3 is 4.74 Å². The summed E-state index contributed by atoms with van der Waals surface area (Å²) in [5.74, 6) is -0.669. The van der Waals surface area contributed by atoms with E-state index in [4.69, 9.17) is 16.3 Å². The van der Waals surface area contributed by atoms with Crippen molar-refractivity contribution < 1.29 is 9.53 Å². The molecule has 1 aromatic carbocycles. The van der Waals surface area contributed by atoms with Crippen molar-refractivity contribution in [1.82, 2.24) is 10.2 Å². The third-order valence-electron chi connectivity index (χ3n) is 2.41. The van der Waals surface area contributed by atoms with Gasteiger partial charge in [0, 0.05) is 10.6 Å². The Bertz CT molecular complexity index is 624. The molecule has 0 bridgehead atoms. The number of aromatic nitrogens is 2. The van der Waals surface area contributed by atoms with Crippen LogP contribution >= 0.6 is 11.6 Å². The summed E-state index contributed by atoms with van der Waals surface area (Å²) in [4.78, 5) is 22.5. The Morgan fingerprint density at radius 3 is 2.95 bits per heavy atom. The largest absolute Gasteiger partial charge is 0.461 e. The van der Waals surface area contributed by atoms with Gasteiger partial charge >= 0.3 is 5.97 Å². The van der Waals surface area contributed by atoms with Gasteiger partial charge in [0.05, 0.1) is 6.61 Å². The molecule has 2 aromatic rings. The van der Waals surface area contributed by atoms with E-state index in [0.717, 1.165) is 0 Å². The minimum atomic E-state index is -0.669. The minimum Gasteiger partial charge on any atom is -0.461 e. The van der Waals surface area contributed by atoms with E-state index in [0.29, 0.717) is 10.6 Å². The first kappa shape index (κ1) is 13.2. The predicted octanol–water partition coefficient (Wildman–Crippen LogP) is 3.30. The first-order valence-electron chi connectivity index (χ1n) is 5.52. The second-order valence-electron chi connectivity index (χ2n) is 3.62. The van der Waals surface area contributed by atoms with Crippen LogP contribution in [0.5, 0.6) is 0 Å². The fourth-order valence-corrected chi connectivity index (χ4v) is 1.80. The summed E-state index contributed by atoms with van der Waals surface area (Å²) < 4.78 is 4.81. The molecule has 6 nitrogen and oxygen atoms in total. The number of aromatic amines is 1. The van der Waals surface area contributed by atoms with Gasteiger partial charge in [-0.1, -0.05) is 23.7 Å². The van der Waals surface area contributed by atoms with E-state index in [1.54, 1.807) is 31.2 Å². The maximum absolute atomic E-state index is 11.6. The van der Waals surface area contributed by atoms with Crippen molar-refractivity contribution in [1.29, 1.82) is 0 Å². The molecule has 0 radical (unpaired) electrons. The molecule has 0 atom stereocenters. The maximum atomic E-state index is 11.6. The van der Waals surface area contributed by atoms with E-state index in [1.165, 1.54) is 0 Å². The predicted molar refractivity (Wildman–Crippen MR) is 70.4 cm³/mol. The summed E-state index contributed by atoms with van der Waals surface area (Å²) in [5, 5.41) is 9.74. The molecule has 0 saturated heterocycles. The van der Waals surface area contributed by atoms with Crippen LogP contribution in [0.4, 0.5) is 5.69 Å². The Balaban J connectivity index is 2.48. The van der Waals surface area contributed by atoms with Crippen molar-refractivity contribution >= 4 is 23.3 Å². The molecule has 19 heavy (non-hydrogen) atoms. The molecular weight excluding hydrogens is 270 g/mol. The van der Waals surface area contributed by atoms with Gasteiger partial charge in [-0.3, -0.25) is 5.10 Å². The van der Waals surface area contributed by atoms with Gasteiger partial charge in [0.15, 0.2) is 11.4 Å². The monoisotopic (exact) mass is 279 g/mol. The summed E-state index contributed by atoms with van der Waals surface area (Å²) in [6.07, 6.45) is 0. The van der Waals surface area contributed by atoms with Crippen LogP contribution in [0, 0.1) is 4.91 Å². The standard InChI is InChI=1S/C12H10ClN3O3/c1-2-19-12(17)11-10(16-18)9(14-15-11)7-4-3-5-8(13)6-7/h3-6H,2H2,1H3,(H,14,15). The Kier molecular flexibility index (Phi) is 3.91. The van der Waals surface area contributed by atoms with Crippen LogP contribution < -0.4 is 0 Å². The number of esters is 1. The first-order chi connectivity index (χ1) is 9.17. The van der Waals surface area contributed by atoms with Crippen LogP contribution in [0.25, 0.3) is 11.3 Å². The lowest BCUT2D eigenvalue weighted by Crippen LogP contribution is -2.05. The molecule has 2 rings (SSSR count). The summed E-state index contributed by atoms with van der Waals surface area (Å²) in [5.41, 5.74) is 0.710.